The maximum absolute atomic E-state index is 12.3. The number of carbonyl (C=O) groups is 1. The minimum atomic E-state index is -0.0202. The standard InChI is InChI=1S/C20H19N3O2/c24-18-13-17(14-23(18)12-11-15-7-3-1-4-8-15)20-21-19(22-25-20)16-9-5-2-6-10-16/h1-10,17H,11-14H2. The molecule has 2 heterocycles. The molecule has 1 aliphatic heterocycles. The summed E-state index contributed by atoms with van der Waals surface area (Å²) >= 11 is 0. The third-order valence-corrected chi connectivity index (χ3v) is 4.55. The zero-order chi connectivity index (χ0) is 17.1. The van der Waals surface area contributed by atoms with Crippen LogP contribution in [0, 0.1) is 0 Å². The monoisotopic (exact) mass is 333 g/mol. The first-order chi connectivity index (χ1) is 12.3. The molecule has 3 aromatic rings. The molecule has 5 heteroatoms. The lowest BCUT2D eigenvalue weighted by Gasteiger charge is -2.15. The second kappa shape index (κ2) is 6.89. The molecule has 1 atom stereocenters. The van der Waals surface area contributed by atoms with E-state index in [4.69, 9.17) is 4.52 Å². The van der Waals surface area contributed by atoms with Gasteiger partial charge in [0.2, 0.25) is 17.6 Å². The molecule has 0 aliphatic carbocycles. The second-order valence-corrected chi connectivity index (χ2v) is 6.30. The maximum atomic E-state index is 12.3. The van der Waals surface area contributed by atoms with Crippen LogP contribution in [0.25, 0.3) is 11.4 Å². The summed E-state index contributed by atoms with van der Waals surface area (Å²) in [6.45, 7) is 1.36. The fraction of sp³-hybridized carbons (Fsp3) is 0.250. The minimum absolute atomic E-state index is 0.0202. The Balaban J connectivity index is 1.41. The van der Waals surface area contributed by atoms with Crippen LogP contribution < -0.4 is 0 Å². The van der Waals surface area contributed by atoms with Gasteiger partial charge in [-0.25, -0.2) is 0 Å². The summed E-state index contributed by atoms with van der Waals surface area (Å²) in [5, 5.41) is 4.06. The molecule has 4 rings (SSSR count). The number of hydrogen-bond acceptors (Lipinski definition) is 4. The fourth-order valence-corrected chi connectivity index (χ4v) is 3.17. The van der Waals surface area contributed by atoms with Crippen LogP contribution in [0.15, 0.2) is 65.2 Å². The Morgan fingerprint density at radius 2 is 1.76 bits per heavy atom. The molecular formula is C20H19N3O2. The van der Waals surface area contributed by atoms with Crippen molar-refractivity contribution in [3.63, 3.8) is 0 Å². The molecule has 1 fully saturated rings. The predicted octanol–water partition coefficient (Wildman–Crippen LogP) is 3.30. The van der Waals surface area contributed by atoms with Gasteiger partial charge >= 0.3 is 0 Å². The molecule has 5 nitrogen and oxygen atoms in total. The Bertz CT molecular complexity index is 846. The lowest BCUT2D eigenvalue weighted by molar-refractivity contribution is -0.127. The topological polar surface area (TPSA) is 59.2 Å². The SMILES string of the molecule is O=C1CC(c2nc(-c3ccccc3)no2)CN1CCc1ccccc1. The molecule has 1 amide bonds. The van der Waals surface area contributed by atoms with Crippen molar-refractivity contribution >= 4 is 5.91 Å². The van der Waals surface area contributed by atoms with E-state index >= 15 is 0 Å². The van der Waals surface area contributed by atoms with Gasteiger partial charge in [0.1, 0.15) is 0 Å². The van der Waals surface area contributed by atoms with Crippen molar-refractivity contribution in [3.05, 3.63) is 72.1 Å². The van der Waals surface area contributed by atoms with E-state index in [9.17, 15) is 4.79 Å². The van der Waals surface area contributed by atoms with Gasteiger partial charge in [0.05, 0.1) is 5.92 Å². The highest BCUT2D eigenvalue weighted by Gasteiger charge is 2.34. The highest BCUT2D eigenvalue weighted by molar-refractivity contribution is 5.79. The van der Waals surface area contributed by atoms with Gasteiger partial charge in [0.15, 0.2) is 0 Å². The maximum Gasteiger partial charge on any atom is 0.232 e. The number of likely N-dealkylation sites (tertiary alicyclic amines) is 1. The number of hydrogen-bond donors (Lipinski definition) is 0. The average molecular weight is 333 g/mol. The molecule has 0 bridgehead atoms. The van der Waals surface area contributed by atoms with Crippen LogP contribution in [0.4, 0.5) is 0 Å². The smallest absolute Gasteiger partial charge is 0.232 e. The Morgan fingerprint density at radius 1 is 1.04 bits per heavy atom. The number of amides is 1. The first-order valence-electron chi connectivity index (χ1n) is 8.50. The number of aromatic nitrogens is 2. The van der Waals surface area contributed by atoms with E-state index in [0.29, 0.717) is 24.7 Å². The Morgan fingerprint density at radius 3 is 2.52 bits per heavy atom. The first-order valence-corrected chi connectivity index (χ1v) is 8.50. The van der Waals surface area contributed by atoms with Crippen molar-refractivity contribution in [1.29, 1.82) is 0 Å². The lowest BCUT2D eigenvalue weighted by atomic mass is 10.1. The predicted molar refractivity (Wildman–Crippen MR) is 93.8 cm³/mol. The van der Waals surface area contributed by atoms with Crippen LogP contribution in [-0.4, -0.2) is 34.0 Å². The van der Waals surface area contributed by atoms with Crippen molar-refractivity contribution < 1.29 is 9.32 Å². The number of carbonyl (C=O) groups excluding carboxylic acids is 1. The van der Waals surface area contributed by atoms with E-state index in [-0.39, 0.29) is 11.8 Å². The van der Waals surface area contributed by atoms with Gasteiger partial charge in [-0.2, -0.15) is 4.98 Å². The van der Waals surface area contributed by atoms with E-state index in [0.717, 1.165) is 18.5 Å². The molecule has 1 aromatic heterocycles. The Hall–Kier alpha value is -2.95. The van der Waals surface area contributed by atoms with E-state index < -0.39 is 0 Å². The average Bonchev–Trinajstić information content (AvgIpc) is 3.29. The highest BCUT2D eigenvalue weighted by atomic mass is 16.5. The summed E-state index contributed by atoms with van der Waals surface area (Å²) < 4.78 is 5.42. The van der Waals surface area contributed by atoms with Crippen LogP contribution in [-0.2, 0) is 11.2 Å². The first kappa shape index (κ1) is 15.6. The molecule has 0 N–H and O–H groups in total. The zero-order valence-electron chi connectivity index (χ0n) is 13.8. The van der Waals surface area contributed by atoms with Crippen molar-refractivity contribution in [2.45, 2.75) is 18.8 Å². The van der Waals surface area contributed by atoms with Crippen LogP contribution in [0.5, 0.6) is 0 Å². The van der Waals surface area contributed by atoms with E-state index in [1.807, 2.05) is 53.4 Å². The van der Waals surface area contributed by atoms with Gasteiger partial charge in [-0.3, -0.25) is 4.79 Å². The summed E-state index contributed by atoms with van der Waals surface area (Å²) in [4.78, 5) is 18.7. The van der Waals surface area contributed by atoms with Crippen LogP contribution in [0.1, 0.15) is 23.8 Å². The second-order valence-electron chi connectivity index (χ2n) is 6.30. The minimum Gasteiger partial charge on any atom is -0.342 e. The molecule has 1 saturated heterocycles. The van der Waals surface area contributed by atoms with Crippen LogP contribution >= 0.6 is 0 Å². The van der Waals surface area contributed by atoms with Gasteiger partial charge < -0.3 is 9.42 Å². The molecule has 2 aromatic carbocycles. The summed E-state index contributed by atoms with van der Waals surface area (Å²) in [5.74, 6) is 1.26. The molecule has 0 radical (unpaired) electrons. The molecule has 0 saturated carbocycles. The Kier molecular flexibility index (Phi) is 4.29. The van der Waals surface area contributed by atoms with E-state index in [1.165, 1.54) is 5.56 Å². The van der Waals surface area contributed by atoms with Crippen molar-refractivity contribution in [1.82, 2.24) is 15.0 Å². The number of rotatable bonds is 5. The zero-order valence-corrected chi connectivity index (χ0v) is 13.8. The summed E-state index contributed by atoms with van der Waals surface area (Å²) in [6.07, 6.45) is 1.30. The quantitative estimate of drug-likeness (QED) is 0.719. The summed E-state index contributed by atoms with van der Waals surface area (Å²) in [6, 6.07) is 19.9. The molecule has 126 valence electrons. The molecule has 1 unspecified atom stereocenters. The fourth-order valence-electron chi connectivity index (χ4n) is 3.17. The Labute approximate surface area is 146 Å². The third kappa shape index (κ3) is 3.45. The summed E-state index contributed by atoms with van der Waals surface area (Å²) in [5.41, 5.74) is 2.16. The molecule has 0 spiro atoms. The van der Waals surface area contributed by atoms with Gasteiger partial charge in [-0.05, 0) is 12.0 Å². The molecular weight excluding hydrogens is 314 g/mol. The molecule has 25 heavy (non-hydrogen) atoms. The van der Waals surface area contributed by atoms with Gasteiger partial charge in [0, 0.05) is 25.1 Å². The molecule has 1 aliphatic rings. The largest absolute Gasteiger partial charge is 0.342 e. The highest BCUT2D eigenvalue weighted by Crippen LogP contribution is 2.28. The van der Waals surface area contributed by atoms with Crippen molar-refractivity contribution in [2.24, 2.45) is 0 Å². The van der Waals surface area contributed by atoms with E-state index in [1.54, 1.807) is 0 Å². The van der Waals surface area contributed by atoms with Crippen LogP contribution in [0.2, 0.25) is 0 Å². The van der Waals surface area contributed by atoms with Crippen molar-refractivity contribution in [2.75, 3.05) is 13.1 Å². The summed E-state index contributed by atoms with van der Waals surface area (Å²) in [7, 11) is 0. The normalized spacial score (nSPS) is 17.2. The number of benzene rings is 2. The van der Waals surface area contributed by atoms with Gasteiger partial charge in [-0.1, -0.05) is 65.8 Å². The lowest BCUT2D eigenvalue weighted by Crippen LogP contribution is -2.27. The van der Waals surface area contributed by atoms with E-state index in [2.05, 4.69) is 22.3 Å². The number of nitrogens with zero attached hydrogens (tertiary/aromatic N) is 3. The van der Waals surface area contributed by atoms with Gasteiger partial charge in [0.25, 0.3) is 0 Å². The van der Waals surface area contributed by atoms with Crippen LogP contribution in [0.3, 0.4) is 0 Å². The van der Waals surface area contributed by atoms with Gasteiger partial charge in [-0.15, -0.1) is 0 Å². The van der Waals surface area contributed by atoms with Crippen molar-refractivity contribution in [3.8, 4) is 11.4 Å². The third-order valence-electron chi connectivity index (χ3n) is 4.55.